The molecule has 8 aromatic rings. The van der Waals surface area contributed by atoms with E-state index >= 15 is 0 Å². The predicted molar refractivity (Wildman–Crippen MR) is 448 cm³/mol. The lowest BCUT2D eigenvalue weighted by Gasteiger charge is -2.46. The molecule has 4 aromatic heterocycles. The second kappa shape index (κ2) is 37.1. The van der Waals surface area contributed by atoms with Crippen molar-refractivity contribution < 1.29 is 84.7 Å². The van der Waals surface area contributed by atoms with Gasteiger partial charge in [0.15, 0.2) is 0 Å². The Bertz CT molecular complexity index is 5280. The second-order valence-electron chi connectivity index (χ2n) is 30.8. The van der Waals surface area contributed by atoms with E-state index in [9.17, 15) is 23.3 Å². The van der Waals surface area contributed by atoms with Crippen molar-refractivity contribution in [2.45, 2.75) is 110 Å². The molecule has 4 aromatic carbocycles. The topological polar surface area (TPSA) is 255 Å². The summed E-state index contributed by atoms with van der Waals surface area (Å²) in [6.07, 6.45) is 15.8. The average Bonchev–Trinajstić information content (AvgIpc) is 1.66. The van der Waals surface area contributed by atoms with E-state index in [4.69, 9.17) is 56.8 Å². The van der Waals surface area contributed by atoms with Crippen LogP contribution in [0.3, 0.4) is 0 Å². The van der Waals surface area contributed by atoms with Crippen LogP contribution in [0.5, 0.6) is 23.0 Å². The number of aromatic nitrogens is 4. The van der Waals surface area contributed by atoms with Crippen molar-refractivity contribution in [3.8, 4) is 23.0 Å². The van der Waals surface area contributed by atoms with Crippen LogP contribution in [0.1, 0.15) is 134 Å². The van der Waals surface area contributed by atoms with Crippen molar-refractivity contribution in [1.29, 1.82) is 0 Å². The van der Waals surface area contributed by atoms with Gasteiger partial charge < -0.3 is 81.7 Å². The third kappa shape index (κ3) is 15.9. The summed E-state index contributed by atoms with van der Waals surface area (Å²) < 4.78 is 94.4. The maximum atomic E-state index is 12.6. The van der Waals surface area contributed by atoms with Crippen LogP contribution in [0.2, 0.25) is 0 Å². The van der Waals surface area contributed by atoms with Crippen molar-refractivity contribution in [2.24, 2.45) is 47.3 Å². The lowest BCUT2D eigenvalue weighted by atomic mass is 9.74. The molecule has 24 nitrogen and oxygen atoms in total. The number of aromatic amines is 4. The van der Waals surface area contributed by atoms with E-state index in [0.717, 1.165) is 192 Å². The summed E-state index contributed by atoms with van der Waals surface area (Å²) in [7, 11) is 18.5. The number of benzene rings is 4. The Morgan fingerprint density at radius 1 is 0.457 bits per heavy atom. The number of nitrogens with one attached hydrogen (secondary N) is 4. The molecule has 12 heterocycles. The number of nitrogens with zero attached hydrogens (tertiary/aromatic N) is 4. The summed E-state index contributed by atoms with van der Waals surface area (Å²) >= 11 is 0. The van der Waals surface area contributed by atoms with Crippen LogP contribution in [-0.4, -0.2) is 206 Å². The summed E-state index contributed by atoms with van der Waals surface area (Å²) in [5.41, 5.74) is 17.2. The fourth-order valence-electron chi connectivity index (χ4n) is 19.6. The maximum absolute atomic E-state index is 12.6. The molecular formula is C92H117N8O16+. The summed E-state index contributed by atoms with van der Waals surface area (Å²) in [6, 6.07) is 21.7. The van der Waals surface area contributed by atoms with Crippen LogP contribution in [0.25, 0.3) is 49.3 Å². The first-order valence-electron chi connectivity index (χ1n) is 42.2. The lowest BCUT2D eigenvalue weighted by Crippen LogP contribution is -2.47. The number of piperidine rings is 2. The third-order valence-corrected chi connectivity index (χ3v) is 25.3. The highest BCUT2D eigenvalue weighted by Gasteiger charge is 2.47. The number of hydrogen-bond acceptors (Lipinski definition) is 19. The van der Waals surface area contributed by atoms with Crippen LogP contribution < -0.4 is 18.9 Å². The molecule has 0 unspecified atom stereocenters. The maximum Gasteiger partial charge on any atom is 0.337 e. The number of carbonyl (C=O) groups excluding carboxylic acids is 4. The van der Waals surface area contributed by atoms with Crippen molar-refractivity contribution >= 4 is 78.9 Å². The zero-order chi connectivity index (χ0) is 84.9. The minimum absolute atomic E-state index is 0.0435. The number of allylic oxidation sites excluding steroid dienone is 1. The predicted octanol–water partition coefficient (Wildman–Crippen LogP) is 14.7. The molecule has 0 spiro atoms. The van der Waals surface area contributed by atoms with Crippen molar-refractivity contribution in [2.75, 3.05) is 138 Å². The van der Waals surface area contributed by atoms with Gasteiger partial charge in [-0.3, -0.25) is 9.80 Å². The largest absolute Gasteiger partial charge is 0.504 e. The zero-order valence-corrected chi connectivity index (χ0v) is 70.1. The summed E-state index contributed by atoms with van der Waals surface area (Å²) in [4.78, 5) is 71.0. The van der Waals surface area contributed by atoms with Crippen molar-refractivity contribution in [1.82, 2.24) is 34.6 Å². The highest BCUT2D eigenvalue weighted by Crippen LogP contribution is 2.51. The molecule has 11 atom stereocenters. The Morgan fingerprint density at radius 3 is 1.34 bits per heavy atom. The van der Waals surface area contributed by atoms with Crippen LogP contribution in [0, 0.1) is 47.3 Å². The molecule has 2 saturated heterocycles. The van der Waals surface area contributed by atoms with Gasteiger partial charge in [-0.05, 0) is 133 Å². The van der Waals surface area contributed by atoms with E-state index in [1.165, 1.54) is 89.4 Å². The van der Waals surface area contributed by atoms with Gasteiger partial charge in [0, 0.05) is 126 Å². The van der Waals surface area contributed by atoms with Crippen LogP contribution >= 0.6 is 0 Å². The van der Waals surface area contributed by atoms with E-state index in [1.807, 2.05) is 60.7 Å². The molecular weight excluding hydrogens is 1470 g/mol. The Morgan fingerprint density at radius 2 is 0.862 bits per heavy atom. The standard InChI is InChI=1S/2C23H30N2O4.2C23H28N2O4/c4*1-5-14-12-25-10-9-15-21-18(7-6-8-20(21)28-3)24-22(15)19(25)11-16(14)17(13-27-2)23(26)29-4/h2*6-8,13-14,16,19,24H,5,9-12H2,1-4H3;6-8,13-14,16H,5,9-12H2,1-4H3;6-8,11,13-14,16,24H,5,9-10,12H2,1-4H3/p+1/b4*17-13+/t2*14-,16+,19-;2*14-,16+/m1111/s1/i11D,19D;19D;;/t11-,14-,16+,19-;m;;m. The third-order valence-electron chi connectivity index (χ3n) is 25.3. The molecule has 0 amide bonds. The van der Waals surface area contributed by atoms with E-state index < -0.39 is 30.3 Å². The number of hydrogen-bond donors (Lipinski definition) is 4. The minimum Gasteiger partial charge on any atom is -0.504 e. The van der Waals surface area contributed by atoms with Gasteiger partial charge in [0.05, 0.1) is 164 Å². The first-order chi connectivity index (χ1) is 57.6. The second-order valence-corrected chi connectivity index (χ2v) is 30.8. The number of esters is 4. The molecule has 0 aliphatic carbocycles. The molecule has 620 valence electrons. The molecule has 2 fully saturated rings. The zero-order valence-electron chi connectivity index (χ0n) is 73.1. The molecule has 4 N–H and O–H groups in total. The number of ether oxygens (including phenoxy) is 12. The van der Waals surface area contributed by atoms with Gasteiger partial charge in [0.2, 0.25) is 5.71 Å². The van der Waals surface area contributed by atoms with Gasteiger partial charge in [0.1, 0.15) is 41.8 Å². The number of rotatable bonds is 20. The van der Waals surface area contributed by atoms with Crippen LogP contribution in [-0.2, 0) is 82.8 Å². The van der Waals surface area contributed by atoms with Crippen molar-refractivity contribution in [3.05, 3.63) is 171 Å². The number of carbonyl (C=O) groups is 4. The Kier molecular flexibility index (Phi) is 25.4. The Balaban J connectivity index is 0.000000137. The molecule has 116 heavy (non-hydrogen) atoms. The van der Waals surface area contributed by atoms with Gasteiger partial charge in [-0.15, -0.1) is 0 Å². The van der Waals surface area contributed by atoms with Crippen molar-refractivity contribution in [3.63, 3.8) is 0 Å². The van der Waals surface area contributed by atoms with Crippen LogP contribution in [0.15, 0.2) is 126 Å². The Hall–Kier alpha value is -10.6. The van der Waals surface area contributed by atoms with E-state index in [-0.39, 0.29) is 47.5 Å². The smallest absolute Gasteiger partial charge is 0.337 e. The summed E-state index contributed by atoms with van der Waals surface area (Å²) in [5.74, 6) is 2.26. The molecule has 0 bridgehead atoms. The highest BCUT2D eigenvalue weighted by atomic mass is 16.5. The molecule has 8 aliphatic heterocycles. The fourth-order valence-corrected chi connectivity index (χ4v) is 19.6. The number of H-pyrrole nitrogens is 4. The quantitative estimate of drug-likeness (QED) is 0.0182. The average molecular weight is 1590 g/mol. The van der Waals surface area contributed by atoms with Crippen LogP contribution in [0.4, 0.5) is 0 Å². The fraction of sp³-hybridized carbons (Fsp3) is 0.489. The summed E-state index contributed by atoms with van der Waals surface area (Å²) in [5, 5.41) is 4.37. The Labute approximate surface area is 684 Å². The van der Waals surface area contributed by atoms with Gasteiger partial charge in [0.25, 0.3) is 0 Å². The minimum atomic E-state index is -1.32. The molecule has 0 saturated carbocycles. The van der Waals surface area contributed by atoms with Gasteiger partial charge in [-0.1, -0.05) is 77.3 Å². The number of fused-ring (bicyclic) bond motifs is 19. The molecule has 24 heteroatoms. The molecule has 8 aliphatic rings. The number of methoxy groups -OCH3 is 12. The van der Waals surface area contributed by atoms with E-state index in [0.29, 0.717) is 53.6 Å². The highest BCUT2D eigenvalue weighted by molar-refractivity contribution is 6.06. The first-order valence-corrected chi connectivity index (χ1v) is 40.6. The molecule has 0 radical (unpaired) electrons. The van der Waals surface area contributed by atoms with Gasteiger partial charge in [-0.25, -0.2) is 23.8 Å². The normalized spacial score (nSPS) is 25.3. The van der Waals surface area contributed by atoms with E-state index in [1.54, 1.807) is 48.9 Å². The monoisotopic (exact) mass is 1590 g/mol. The summed E-state index contributed by atoms with van der Waals surface area (Å²) in [6.45, 7) is 15.2. The first kappa shape index (κ1) is 79.3. The molecule has 16 rings (SSSR count). The SMILES string of the molecule is CC[C@@H]1CN2CCc3c([nH]c4cccc(OC)c34)C2=C[C@@H]1/C(=C\OC)C(=O)OC.CC[C@@H]1C[N+]2=C(C[C@@H]1/C(=C\OC)C(=O)OC)c1[nH]c3cccc(OC)c3c1CC2.[2H][C@@H]1[C@H](/C(=C\OC)C(=O)OC)[C@H](CC)CN2CCc3c([nH]c4cccc(OC)c34)[C@@]12[2H].[2H][C@]12C[C@H](/C(=C\OC)C(=O)OC)[C@H](CC)CN1CCc1c2[nH]c2cccc(OC)c12. The van der Waals surface area contributed by atoms with Gasteiger partial charge in [-0.2, -0.15) is 0 Å². The van der Waals surface area contributed by atoms with E-state index in [2.05, 4.69) is 85.1 Å². The van der Waals surface area contributed by atoms with Gasteiger partial charge >= 0.3 is 23.9 Å². The lowest BCUT2D eigenvalue weighted by molar-refractivity contribution is -0.543.